The van der Waals surface area contributed by atoms with E-state index in [-0.39, 0.29) is 0 Å². The molecule has 0 bridgehead atoms. The van der Waals surface area contributed by atoms with Crippen molar-refractivity contribution in [3.05, 3.63) is 125 Å². The van der Waals surface area contributed by atoms with Crippen molar-refractivity contribution in [1.82, 2.24) is 0 Å². The first-order chi connectivity index (χ1) is 14.2. The van der Waals surface area contributed by atoms with Gasteiger partial charge in [0.25, 0.3) is 0 Å². The largest absolute Gasteiger partial charge is 0.0876 e. The molecule has 0 spiro atoms. The molecular formula is C26H23Br2P. The van der Waals surface area contributed by atoms with Gasteiger partial charge in [-0.3, -0.25) is 0 Å². The second-order valence-corrected chi connectivity index (χ2v) is 10.2. The Morgan fingerprint density at radius 1 is 0.621 bits per heavy atom. The standard InChI is InChI=1S/C18H15P.C8H8Br2/c1-4-10-16(11-5-1)19(17-12-6-2-7-13-17)18-14-8-3-9-15-18;1-6-2-3-8(10)7(4-6)5-9/h1-15H;2-4H,5H2,1H3. The van der Waals surface area contributed by atoms with Gasteiger partial charge in [-0.2, -0.15) is 0 Å². The molecule has 0 heterocycles. The summed E-state index contributed by atoms with van der Waals surface area (Å²) in [6.07, 6.45) is 0. The van der Waals surface area contributed by atoms with E-state index in [0.29, 0.717) is 0 Å². The zero-order valence-electron chi connectivity index (χ0n) is 16.3. The summed E-state index contributed by atoms with van der Waals surface area (Å²) in [5.41, 5.74) is 2.61. The molecule has 146 valence electrons. The number of hydrogen-bond acceptors (Lipinski definition) is 0. The maximum Gasteiger partial charge on any atom is 0.0294 e. The normalized spacial score (nSPS) is 10.3. The third-order valence-electron chi connectivity index (χ3n) is 4.39. The van der Waals surface area contributed by atoms with Gasteiger partial charge in [0.15, 0.2) is 0 Å². The van der Waals surface area contributed by atoms with Gasteiger partial charge in [-0.05, 0) is 42.4 Å². The minimum atomic E-state index is -0.446. The summed E-state index contributed by atoms with van der Waals surface area (Å²) in [6.45, 7) is 2.10. The summed E-state index contributed by atoms with van der Waals surface area (Å²) in [5, 5.41) is 5.11. The quantitative estimate of drug-likeness (QED) is 0.197. The fourth-order valence-corrected chi connectivity index (χ4v) is 6.52. The van der Waals surface area contributed by atoms with Crippen LogP contribution >= 0.6 is 39.8 Å². The molecule has 0 unspecified atom stereocenters. The van der Waals surface area contributed by atoms with E-state index in [1.54, 1.807) is 0 Å². The maximum atomic E-state index is 3.46. The SMILES string of the molecule is Cc1ccc(Br)c(CBr)c1.c1ccc(P(c2ccccc2)c2ccccc2)cc1. The topological polar surface area (TPSA) is 0 Å². The monoisotopic (exact) mass is 524 g/mol. The van der Waals surface area contributed by atoms with Gasteiger partial charge in [0, 0.05) is 9.80 Å². The summed E-state index contributed by atoms with van der Waals surface area (Å²) in [7, 11) is -0.446. The molecule has 0 aliphatic carbocycles. The predicted octanol–water partition coefficient (Wildman–Crippen LogP) is 7.10. The summed E-state index contributed by atoms with van der Waals surface area (Å²) >= 11 is 6.87. The number of halogens is 2. The first kappa shape index (κ1) is 22.0. The Morgan fingerprint density at radius 3 is 1.38 bits per heavy atom. The molecule has 0 fully saturated rings. The van der Waals surface area contributed by atoms with Gasteiger partial charge in [0.2, 0.25) is 0 Å². The van der Waals surface area contributed by atoms with Crippen LogP contribution in [0.5, 0.6) is 0 Å². The minimum absolute atomic E-state index is 0.446. The first-order valence-electron chi connectivity index (χ1n) is 9.45. The second-order valence-electron chi connectivity index (χ2n) is 6.57. The minimum Gasteiger partial charge on any atom is -0.0876 e. The predicted molar refractivity (Wildman–Crippen MR) is 137 cm³/mol. The van der Waals surface area contributed by atoms with Crippen molar-refractivity contribution in [2.24, 2.45) is 0 Å². The van der Waals surface area contributed by atoms with Crippen LogP contribution in [0.15, 0.2) is 114 Å². The molecule has 4 aromatic carbocycles. The van der Waals surface area contributed by atoms with Crippen molar-refractivity contribution in [2.75, 3.05) is 0 Å². The van der Waals surface area contributed by atoms with Crippen molar-refractivity contribution in [3.63, 3.8) is 0 Å². The van der Waals surface area contributed by atoms with Gasteiger partial charge in [-0.1, -0.05) is 141 Å². The lowest BCUT2D eigenvalue weighted by Gasteiger charge is -2.18. The van der Waals surface area contributed by atoms with Crippen LogP contribution in [0.1, 0.15) is 11.1 Å². The molecule has 0 amide bonds. The Labute approximate surface area is 192 Å². The third kappa shape index (κ3) is 6.37. The lowest BCUT2D eigenvalue weighted by atomic mass is 10.2. The van der Waals surface area contributed by atoms with E-state index in [1.807, 2.05) is 0 Å². The Balaban J connectivity index is 0.000000204. The fraction of sp³-hybridized carbons (Fsp3) is 0.0769. The molecule has 4 aromatic rings. The molecule has 0 aliphatic heterocycles. The number of aryl methyl sites for hydroxylation is 1. The van der Waals surface area contributed by atoms with Gasteiger partial charge in [0.05, 0.1) is 0 Å². The van der Waals surface area contributed by atoms with Crippen molar-refractivity contribution in [2.45, 2.75) is 12.3 Å². The molecule has 3 heteroatoms. The Hall–Kier alpha value is -1.73. The van der Waals surface area contributed by atoms with Crippen LogP contribution in [0.25, 0.3) is 0 Å². The average molecular weight is 526 g/mol. The Kier molecular flexibility index (Phi) is 8.68. The van der Waals surface area contributed by atoms with Gasteiger partial charge >= 0.3 is 0 Å². The Morgan fingerprint density at radius 2 is 1.03 bits per heavy atom. The highest BCUT2D eigenvalue weighted by molar-refractivity contribution is 9.10. The van der Waals surface area contributed by atoms with Crippen LogP contribution in [-0.4, -0.2) is 0 Å². The second kappa shape index (κ2) is 11.5. The summed E-state index contributed by atoms with van der Waals surface area (Å²) in [5.74, 6) is 0. The third-order valence-corrected chi connectivity index (χ3v) is 8.21. The van der Waals surface area contributed by atoms with Gasteiger partial charge in [-0.15, -0.1) is 0 Å². The molecule has 0 aliphatic rings. The molecular weight excluding hydrogens is 503 g/mol. The molecule has 0 aromatic heterocycles. The number of hydrogen-bond donors (Lipinski definition) is 0. The van der Waals surface area contributed by atoms with Gasteiger partial charge in [-0.25, -0.2) is 0 Å². The lowest BCUT2D eigenvalue weighted by Crippen LogP contribution is -2.20. The van der Waals surface area contributed by atoms with Crippen molar-refractivity contribution >= 4 is 55.7 Å². The molecule has 0 saturated heterocycles. The molecule has 0 nitrogen and oxygen atoms in total. The molecule has 0 saturated carbocycles. The molecule has 29 heavy (non-hydrogen) atoms. The van der Waals surface area contributed by atoms with Crippen LogP contribution in [0, 0.1) is 6.92 Å². The van der Waals surface area contributed by atoms with Crippen LogP contribution in [0.3, 0.4) is 0 Å². The van der Waals surface area contributed by atoms with E-state index in [2.05, 4.69) is 148 Å². The van der Waals surface area contributed by atoms with Gasteiger partial charge in [0.1, 0.15) is 0 Å². The van der Waals surface area contributed by atoms with Crippen molar-refractivity contribution in [1.29, 1.82) is 0 Å². The Bertz CT molecular complexity index is 909. The summed E-state index contributed by atoms with van der Waals surface area (Å²) in [4.78, 5) is 0. The average Bonchev–Trinajstić information content (AvgIpc) is 2.78. The highest BCUT2D eigenvalue weighted by atomic mass is 79.9. The summed E-state index contributed by atoms with van der Waals surface area (Å²) < 4.78 is 1.18. The highest BCUT2D eigenvalue weighted by Crippen LogP contribution is 2.32. The zero-order chi connectivity index (χ0) is 20.5. The molecule has 0 atom stereocenters. The number of alkyl halides is 1. The molecule has 4 rings (SSSR count). The van der Waals surface area contributed by atoms with E-state index in [1.165, 1.54) is 31.5 Å². The first-order valence-corrected chi connectivity index (χ1v) is 12.7. The molecule has 0 radical (unpaired) electrons. The highest BCUT2D eigenvalue weighted by Gasteiger charge is 2.14. The number of benzene rings is 4. The maximum absolute atomic E-state index is 3.46. The smallest absolute Gasteiger partial charge is 0.0294 e. The zero-order valence-corrected chi connectivity index (χ0v) is 20.4. The van der Waals surface area contributed by atoms with E-state index in [9.17, 15) is 0 Å². The van der Waals surface area contributed by atoms with Crippen molar-refractivity contribution in [3.8, 4) is 0 Å². The van der Waals surface area contributed by atoms with E-state index in [4.69, 9.17) is 0 Å². The van der Waals surface area contributed by atoms with Crippen LogP contribution in [-0.2, 0) is 5.33 Å². The van der Waals surface area contributed by atoms with E-state index >= 15 is 0 Å². The van der Waals surface area contributed by atoms with Crippen molar-refractivity contribution < 1.29 is 0 Å². The van der Waals surface area contributed by atoms with Crippen LogP contribution < -0.4 is 15.9 Å². The lowest BCUT2D eigenvalue weighted by molar-refractivity contribution is 1.34. The molecule has 0 N–H and O–H groups in total. The fourth-order valence-electron chi connectivity index (χ4n) is 2.98. The van der Waals surface area contributed by atoms with E-state index < -0.39 is 7.92 Å². The van der Waals surface area contributed by atoms with Crippen LogP contribution in [0.4, 0.5) is 0 Å². The number of rotatable bonds is 4. The van der Waals surface area contributed by atoms with Gasteiger partial charge < -0.3 is 0 Å². The summed E-state index contributed by atoms with van der Waals surface area (Å²) in [6, 6.07) is 38.7. The van der Waals surface area contributed by atoms with Crippen LogP contribution in [0.2, 0.25) is 0 Å². The van der Waals surface area contributed by atoms with E-state index in [0.717, 1.165) is 5.33 Å².